The first-order valence-electron chi connectivity index (χ1n) is 10.3. The Labute approximate surface area is 149 Å². The van der Waals surface area contributed by atoms with Gasteiger partial charge in [-0.25, -0.2) is 0 Å². The summed E-state index contributed by atoms with van der Waals surface area (Å²) in [6.45, 7) is 2.81. The van der Waals surface area contributed by atoms with E-state index in [0.29, 0.717) is 6.54 Å². The second-order valence-corrected chi connectivity index (χ2v) is 6.97. The molecule has 144 valence electrons. The summed E-state index contributed by atoms with van der Waals surface area (Å²) in [5.74, 6) is -0.698. The van der Waals surface area contributed by atoms with Gasteiger partial charge in [0.25, 0.3) is 5.91 Å². The van der Waals surface area contributed by atoms with Gasteiger partial charge < -0.3 is 15.5 Å². The molecule has 0 aliphatic carbocycles. The Hall–Kier alpha value is -0.610. The van der Waals surface area contributed by atoms with Crippen molar-refractivity contribution in [3.8, 4) is 0 Å². The SMILES string of the molecule is CCCCCCCCCCCCCCCCCCNC(=O)C(O)O. The van der Waals surface area contributed by atoms with Crippen LogP contribution in [0.25, 0.3) is 0 Å². The van der Waals surface area contributed by atoms with Crippen molar-refractivity contribution in [2.24, 2.45) is 0 Å². The molecular formula is C20H41NO3. The average molecular weight is 344 g/mol. The van der Waals surface area contributed by atoms with E-state index < -0.39 is 12.2 Å². The van der Waals surface area contributed by atoms with Crippen molar-refractivity contribution in [1.29, 1.82) is 0 Å². The van der Waals surface area contributed by atoms with E-state index in [9.17, 15) is 4.79 Å². The zero-order valence-electron chi connectivity index (χ0n) is 15.9. The number of nitrogens with one attached hydrogen (secondary N) is 1. The average Bonchev–Trinajstić information content (AvgIpc) is 2.57. The largest absolute Gasteiger partial charge is 0.361 e. The van der Waals surface area contributed by atoms with Gasteiger partial charge in [0.1, 0.15) is 0 Å². The topological polar surface area (TPSA) is 69.6 Å². The first-order chi connectivity index (χ1) is 11.7. The monoisotopic (exact) mass is 343 g/mol. The highest BCUT2D eigenvalue weighted by atomic mass is 16.5. The zero-order chi connectivity index (χ0) is 17.9. The van der Waals surface area contributed by atoms with Crippen molar-refractivity contribution in [3.05, 3.63) is 0 Å². The van der Waals surface area contributed by atoms with Crippen molar-refractivity contribution >= 4 is 5.91 Å². The molecule has 0 rings (SSSR count). The number of unbranched alkanes of at least 4 members (excludes halogenated alkanes) is 15. The Morgan fingerprint density at radius 3 is 1.33 bits per heavy atom. The van der Waals surface area contributed by atoms with Gasteiger partial charge in [0.2, 0.25) is 6.29 Å². The van der Waals surface area contributed by atoms with Crippen LogP contribution in [0, 0.1) is 0 Å². The molecule has 3 N–H and O–H groups in total. The summed E-state index contributed by atoms with van der Waals surface area (Å²) in [4.78, 5) is 10.9. The first-order valence-corrected chi connectivity index (χ1v) is 10.3. The minimum Gasteiger partial charge on any atom is -0.361 e. The Bertz CT molecular complexity index is 270. The van der Waals surface area contributed by atoms with Gasteiger partial charge in [0, 0.05) is 6.54 Å². The molecule has 0 aromatic rings. The molecule has 4 nitrogen and oxygen atoms in total. The van der Waals surface area contributed by atoms with Crippen LogP contribution in [0.4, 0.5) is 0 Å². The maximum absolute atomic E-state index is 10.9. The first kappa shape index (κ1) is 23.4. The van der Waals surface area contributed by atoms with E-state index in [1.807, 2.05) is 0 Å². The van der Waals surface area contributed by atoms with Crippen LogP contribution in [0.3, 0.4) is 0 Å². The number of hydrogen-bond acceptors (Lipinski definition) is 3. The molecule has 4 heteroatoms. The van der Waals surface area contributed by atoms with Gasteiger partial charge in [-0.1, -0.05) is 103 Å². The van der Waals surface area contributed by atoms with E-state index in [4.69, 9.17) is 10.2 Å². The standard InChI is InChI=1S/C20H41NO3/c1-2-3-4-5-6-7-8-9-10-11-12-13-14-15-16-17-18-21-19(22)20(23)24/h20,23-24H,2-18H2,1H3,(H,21,22). The fourth-order valence-corrected chi connectivity index (χ4v) is 2.98. The van der Waals surface area contributed by atoms with Crippen molar-refractivity contribution in [2.45, 2.75) is 116 Å². The normalized spacial score (nSPS) is 11.2. The van der Waals surface area contributed by atoms with Crippen molar-refractivity contribution in [2.75, 3.05) is 6.54 Å². The van der Waals surface area contributed by atoms with Crippen molar-refractivity contribution < 1.29 is 15.0 Å². The Morgan fingerprint density at radius 2 is 1.00 bits per heavy atom. The molecule has 24 heavy (non-hydrogen) atoms. The maximum Gasteiger partial charge on any atom is 0.276 e. The fraction of sp³-hybridized carbons (Fsp3) is 0.950. The molecule has 0 unspecified atom stereocenters. The number of carbonyl (C=O) groups excluding carboxylic acids is 1. The van der Waals surface area contributed by atoms with Gasteiger partial charge in [0.05, 0.1) is 0 Å². The predicted molar refractivity (Wildman–Crippen MR) is 101 cm³/mol. The van der Waals surface area contributed by atoms with Crippen LogP contribution in [0.5, 0.6) is 0 Å². The minimum absolute atomic E-state index is 0.537. The summed E-state index contributed by atoms with van der Waals surface area (Å²) < 4.78 is 0. The quantitative estimate of drug-likeness (QED) is 0.250. The highest BCUT2D eigenvalue weighted by molar-refractivity contribution is 5.78. The maximum atomic E-state index is 10.9. The zero-order valence-corrected chi connectivity index (χ0v) is 15.9. The lowest BCUT2D eigenvalue weighted by Gasteiger charge is -2.06. The molecule has 0 saturated heterocycles. The van der Waals surface area contributed by atoms with Crippen molar-refractivity contribution in [3.63, 3.8) is 0 Å². The molecule has 0 spiro atoms. The molecule has 0 bridgehead atoms. The predicted octanol–water partition coefficient (Wildman–Crippen LogP) is 4.67. The lowest BCUT2D eigenvalue weighted by molar-refractivity contribution is -0.147. The molecule has 0 aliphatic heterocycles. The summed E-state index contributed by atoms with van der Waals surface area (Å²) in [6, 6.07) is 0. The van der Waals surface area contributed by atoms with Crippen LogP contribution in [0.15, 0.2) is 0 Å². The summed E-state index contributed by atoms with van der Waals surface area (Å²) in [6.07, 6.45) is 19.3. The molecule has 0 fully saturated rings. The van der Waals surface area contributed by atoms with Crippen LogP contribution in [0.2, 0.25) is 0 Å². The Morgan fingerprint density at radius 1 is 0.667 bits per heavy atom. The number of hydrogen-bond donors (Lipinski definition) is 3. The van der Waals surface area contributed by atoms with Crippen LogP contribution in [-0.2, 0) is 4.79 Å². The number of aliphatic hydroxyl groups is 2. The highest BCUT2D eigenvalue weighted by Crippen LogP contribution is 2.13. The van der Waals surface area contributed by atoms with Crippen LogP contribution < -0.4 is 5.32 Å². The smallest absolute Gasteiger partial charge is 0.276 e. The molecule has 0 aliphatic rings. The Kier molecular flexibility index (Phi) is 18.2. The number of aliphatic hydroxyl groups excluding tert-OH is 1. The van der Waals surface area contributed by atoms with Crippen LogP contribution in [-0.4, -0.2) is 29.0 Å². The van der Waals surface area contributed by atoms with Gasteiger partial charge in [-0.2, -0.15) is 0 Å². The van der Waals surface area contributed by atoms with Gasteiger partial charge >= 0.3 is 0 Å². The summed E-state index contributed by atoms with van der Waals surface area (Å²) in [5, 5.41) is 19.7. The lowest BCUT2D eigenvalue weighted by atomic mass is 10.0. The molecule has 0 aromatic carbocycles. The summed E-state index contributed by atoms with van der Waals surface area (Å²) >= 11 is 0. The molecule has 0 heterocycles. The third-order valence-corrected chi connectivity index (χ3v) is 4.56. The summed E-state index contributed by atoms with van der Waals surface area (Å²) in [5.41, 5.74) is 0. The highest BCUT2D eigenvalue weighted by Gasteiger charge is 2.08. The molecule has 0 atom stereocenters. The molecule has 0 radical (unpaired) electrons. The fourth-order valence-electron chi connectivity index (χ4n) is 2.98. The molecular weight excluding hydrogens is 302 g/mol. The van der Waals surface area contributed by atoms with Crippen LogP contribution in [0.1, 0.15) is 110 Å². The molecule has 1 amide bonds. The molecule has 0 aromatic heterocycles. The van der Waals surface area contributed by atoms with E-state index in [0.717, 1.165) is 12.8 Å². The minimum atomic E-state index is -1.88. The third-order valence-electron chi connectivity index (χ3n) is 4.56. The summed E-state index contributed by atoms with van der Waals surface area (Å²) in [7, 11) is 0. The van der Waals surface area contributed by atoms with Crippen molar-refractivity contribution in [1.82, 2.24) is 5.32 Å². The van der Waals surface area contributed by atoms with Gasteiger partial charge in [0.15, 0.2) is 0 Å². The number of rotatable bonds is 18. The van der Waals surface area contributed by atoms with Gasteiger partial charge in [-0.05, 0) is 6.42 Å². The van der Waals surface area contributed by atoms with E-state index in [2.05, 4.69) is 12.2 Å². The van der Waals surface area contributed by atoms with E-state index >= 15 is 0 Å². The number of carbonyl (C=O) groups is 1. The van der Waals surface area contributed by atoms with E-state index in [-0.39, 0.29) is 0 Å². The van der Waals surface area contributed by atoms with Gasteiger partial charge in [-0.15, -0.1) is 0 Å². The van der Waals surface area contributed by atoms with Crippen LogP contribution >= 0.6 is 0 Å². The molecule has 0 saturated carbocycles. The lowest BCUT2D eigenvalue weighted by Crippen LogP contribution is -2.34. The Balaban J connectivity index is 3.04. The third kappa shape index (κ3) is 17.7. The van der Waals surface area contributed by atoms with E-state index in [1.165, 1.54) is 89.9 Å². The number of amides is 1. The second kappa shape index (κ2) is 18.7. The second-order valence-electron chi connectivity index (χ2n) is 6.97. The van der Waals surface area contributed by atoms with Gasteiger partial charge in [-0.3, -0.25) is 4.79 Å². The van der Waals surface area contributed by atoms with E-state index in [1.54, 1.807) is 0 Å².